The van der Waals surface area contributed by atoms with Crippen LogP contribution in [0, 0.1) is 0 Å². The molecule has 0 amide bonds. The normalized spacial score (nSPS) is 11.7. The Morgan fingerprint density at radius 1 is 1.16 bits per heavy atom. The molecule has 4 aromatic rings. The second-order valence-electron chi connectivity index (χ2n) is 7.28. The van der Waals surface area contributed by atoms with Gasteiger partial charge < -0.3 is 9.72 Å². The number of nitrogens with zero attached hydrogens (tertiary/aromatic N) is 3. The van der Waals surface area contributed by atoms with Crippen molar-refractivity contribution in [2.24, 2.45) is 0 Å². The Balaban J connectivity index is 1.52. The van der Waals surface area contributed by atoms with Crippen LogP contribution >= 0.6 is 23.1 Å². The quantitative estimate of drug-likeness (QED) is 0.222. The lowest BCUT2D eigenvalue weighted by Gasteiger charge is -2.12. The predicted molar refractivity (Wildman–Crippen MR) is 128 cm³/mol. The molecular weight excluding hydrogens is 432 g/mol. The first-order valence-corrected chi connectivity index (χ1v) is 12.2. The van der Waals surface area contributed by atoms with Gasteiger partial charge in [-0.1, -0.05) is 30.8 Å². The van der Waals surface area contributed by atoms with E-state index in [0.29, 0.717) is 25.1 Å². The number of ether oxygens (including phenoxy) is 1. The molecule has 0 bridgehead atoms. The largest absolute Gasteiger partial charge is 0.385 e. The molecule has 0 aliphatic carbocycles. The minimum Gasteiger partial charge on any atom is -0.385 e. The molecular formula is C22H26N4O3S2. The molecule has 0 aliphatic heterocycles. The zero-order chi connectivity index (χ0) is 21.8. The van der Waals surface area contributed by atoms with Crippen LogP contribution in [-0.2, 0) is 24.2 Å². The Bertz CT molecular complexity index is 1300. The van der Waals surface area contributed by atoms with Crippen LogP contribution in [-0.4, -0.2) is 38.6 Å². The summed E-state index contributed by atoms with van der Waals surface area (Å²) < 4.78 is 8.71. The van der Waals surface area contributed by atoms with Gasteiger partial charge in [0.1, 0.15) is 4.83 Å². The van der Waals surface area contributed by atoms with E-state index in [4.69, 9.17) is 9.72 Å². The molecule has 0 spiro atoms. The van der Waals surface area contributed by atoms with Crippen LogP contribution in [0.25, 0.3) is 21.3 Å². The maximum absolute atomic E-state index is 13.1. The number of thioether (sulfide) groups is 1. The molecule has 3 heterocycles. The average molecular weight is 459 g/mol. The van der Waals surface area contributed by atoms with Crippen LogP contribution in [0.5, 0.6) is 0 Å². The van der Waals surface area contributed by atoms with Gasteiger partial charge in [0.15, 0.2) is 5.16 Å². The minimum absolute atomic E-state index is 0.0207. The number of nitrogens with one attached hydrogen (secondary N) is 1. The van der Waals surface area contributed by atoms with Crippen LogP contribution in [0.1, 0.15) is 24.6 Å². The zero-order valence-electron chi connectivity index (χ0n) is 17.7. The topological polar surface area (TPSA) is 81.9 Å². The first-order valence-electron chi connectivity index (χ1n) is 10.4. The number of benzene rings is 1. The lowest BCUT2D eigenvalue weighted by molar-refractivity contribution is 0.189. The van der Waals surface area contributed by atoms with Crippen molar-refractivity contribution in [1.29, 1.82) is 0 Å². The fourth-order valence-electron chi connectivity index (χ4n) is 3.61. The monoisotopic (exact) mass is 458 g/mol. The average Bonchev–Trinajstić information content (AvgIpc) is 3.33. The summed E-state index contributed by atoms with van der Waals surface area (Å²) in [5, 5.41) is 1.44. The second-order valence-corrected chi connectivity index (χ2v) is 9.46. The Morgan fingerprint density at radius 3 is 2.77 bits per heavy atom. The van der Waals surface area contributed by atoms with E-state index in [1.54, 1.807) is 39.3 Å². The number of methoxy groups -OCH3 is 1. The summed E-state index contributed by atoms with van der Waals surface area (Å²) in [6, 6.07) is 9.68. The SMILES string of the molecule is CCc1cc2c(=O)n(CCCOC)c(SCCCn3c(=O)[nH]c4ccccc43)nc2s1. The summed E-state index contributed by atoms with van der Waals surface area (Å²) in [4.78, 5) is 35.0. The number of thiophene rings is 1. The molecule has 0 aliphatic rings. The summed E-state index contributed by atoms with van der Waals surface area (Å²) >= 11 is 3.17. The first kappa shape index (κ1) is 21.9. The molecule has 31 heavy (non-hydrogen) atoms. The van der Waals surface area contributed by atoms with Gasteiger partial charge in [-0.2, -0.15) is 0 Å². The molecule has 0 saturated carbocycles. The molecule has 7 nitrogen and oxygen atoms in total. The van der Waals surface area contributed by atoms with Gasteiger partial charge in [0.25, 0.3) is 5.56 Å². The number of para-hydroxylation sites is 2. The number of rotatable bonds is 10. The first-order chi connectivity index (χ1) is 15.1. The number of H-pyrrole nitrogens is 1. The Labute approximate surface area is 188 Å². The van der Waals surface area contributed by atoms with E-state index in [1.165, 1.54) is 4.88 Å². The lowest BCUT2D eigenvalue weighted by Crippen LogP contribution is -2.23. The van der Waals surface area contributed by atoms with Gasteiger partial charge in [0.05, 0.1) is 16.4 Å². The van der Waals surface area contributed by atoms with Crippen molar-refractivity contribution < 1.29 is 4.74 Å². The molecule has 3 aromatic heterocycles. The van der Waals surface area contributed by atoms with Crippen molar-refractivity contribution in [2.75, 3.05) is 19.5 Å². The molecule has 0 unspecified atom stereocenters. The number of hydrogen-bond donors (Lipinski definition) is 1. The van der Waals surface area contributed by atoms with Gasteiger partial charge in [-0.05, 0) is 37.5 Å². The van der Waals surface area contributed by atoms with Crippen LogP contribution < -0.4 is 11.2 Å². The van der Waals surface area contributed by atoms with Crippen LogP contribution in [0.15, 0.2) is 45.1 Å². The van der Waals surface area contributed by atoms with E-state index < -0.39 is 0 Å². The second kappa shape index (κ2) is 9.84. The number of fused-ring (bicyclic) bond motifs is 2. The van der Waals surface area contributed by atoms with E-state index in [1.807, 2.05) is 30.3 Å². The highest BCUT2D eigenvalue weighted by Crippen LogP contribution is 2.25. The number of aromatic amines is 1. The third-order valence-corrected chi connectivity index (χ3v) is 7.42. The Morgan fingerprint density at radius 2 is 1.97 bits per heavy atom. The molecule has 0 radical (unpaired) electrons. The minimum atomic E-state index is -0.0899. The number of hydrogen-bond acceptors (Lipinski definition) is 6. The third kappa shape index (κ3) is 4.63. The van der Waals surface area contributed by atoms with Gasteiger partial charge in [-0.25, -0.2) is 9.78 Å². The van der Waals surface area contributed by atoms with Crippen LogP contribution in [0.3, 0.4) is 0 Å². The van der Waals surface area contributed by atoms with Crippen molar-refractivity contribution >= 4 is 44.3 Å². The van der Waals surface area contributed by atoms with E-state index in [9.17, 15) is 9.59 Å². The molecule has 0 fully saturated rings. The van der Waals surface area contributed by atoms with Gasteiger partial charge in [0, 0.05) is 37.4 Å². The van der Waals surface area contributed by atoms with Crippen LogP contribution in [0.4, 0.5) is 0 Å². The van der Waals surface area contributed by atoms with E-state index in [0.717, 1.165) is 46.0 Å². The molecule has 0 saturated heterocycles. The summed E-state index contributed by atoms with van der Waals surface area (Å²) in [6.45, 7) is 3.88. The fraction of sp³-hybridized carbons (Fsp3) is 0.409. The number of aryl methyl sites for hydroxylation is 2. The predicted octanol–water partition coefficient (Wildman–Crippen LogP) is 3.88. The highest BCUT2D eigenvalue weighted by molar-refractivity contribution is 7.99. The van der Waals surface area contributed by atoms with Crippen molar-refractivity contribution in [1.82, 2.24) is 19.1 Å². The molecule has 4 rings (SSSR count). The summed E-state index contributed by atoms with van der Waals surface area (Å²) in [7, 11) is 1.67. The molecule has 164 valence electrons. The van der Waals surface area contributed by atoms with Crippen LogP contribution in [0.2, 0.25) is 0 Å². The third-order valence-electron chi connectivity index (χ3n) is 5.18. The standard InChI is InChI=1S/C22H26N4O3S2/c1-3-15-14-16-19(31-15)24-22(26(20(16)27)10-6-12-29-2)30-13-7-11-25-18-9-5-4-8-17(18)23-21(25)28/h4-5,8-9,14H,3,6-7,10-13H2,1-2H3,(H,23,28). The fourth-order valence-corrected chi connectivity index (χ4v) is 5.57. The number of imidazole rings is 1. The Hall–Kier alpha value is -2.36. The lowest BCUT2D eigenvalue weighted by atomic mass is 10.3. The van der Waals surface area contributed by atoms with Gasteiger partial charge in [-0.3, -0.25) is 13.9 Å². The number of aromatic nitrogens is 4. The highest BCUT2D eigenvalue weighted by Gasteiger charge is 2.14. The molecule has 0 atom stereocenters. The Kier molecular flexibility index (Phi) is 6.94. The summed E-state index contributed by atoms with van der Waals surface area (Å²) in [5.74, 6) is 0.764. The van der Waals surface area contributed by atoms with Gasteiger partial charge in [0.2, 0.25) is 0 Å². The molecule has 9 heteroatoms. The van der Waals surface area contributed by atoms with E-state index in [2.05, 4.69) is 11.9 Å². The summed E-state index contributed by atoms with van der Waals surface area (Å²) in [6.07, 6.45) is 2.45. The molecule has 1 N–H and O–H groups in total. The zero-order valence-corrected chi connectivity index (χ0v) is 19.4. The van der Waals surface area contributed by atoms with E-state index in [-0.39, 0.29) is 11.2 Å². The summed E-state index contributed by atoms with van der Waals surface area (Å²) in [5.41, 5.74) is 1.70. The van der Waals surface area contributed by atoms with Crippen molar-refractivity contribution in [3.05, 3.63) is 56.0 Å². The van der Waals surface area contributed by atoms with Crippen molar-refractivity contribution in [3.63, 3.8) is 0 Å². The van der Waals surface area contributed by atoms with E-state index >= 15 is 0 Å². The van der Waals surface area contributed by atoms with Gasteiger partial charge >= 0.3 is 5.69 Å². The highest BCUT2D eigenvalue weighted by atomic mass is 32.2. The van der Waals surface area contributed by atoms with Gasteiger partial charge in [-0.15, -0.1) is 11.3 Å². The maximum atomic E-state index is 13.1. The van der Waals surface area contributed by atoms with Crippen molar-refractivity contribution in [2.45, 2.75) is 44.4 Å². The van der Waals surface area contributed by atoms with Crippen molar-refractivity contribution in [3.8, 4) is 0 Å². The molecule has 1 aromatic carbocycles. The maximum Gasteiger partial charge on any atom is 0.326 e. The smallest absolute Gasteiger partial charge is 0.326 e.